The van der Waals surface area contributed by atoms with Crippen LogP contribution in [0.5, 0.6) is 0 Å². The highest BCUT2D eigenvalue weighted by Gasteiger charge is 2.18. The number of benzene rings is 2. The monoisotopic (exact) mass is 292 g/mol. The molecule has 4 nitrogen and oxygen atoms in total. The van der Waals surface area contributed by atoms with E-state index in [4.69, 9.17) is 4.42 Å². The molecule has 0 unspecified atom stereocenters. The van der Waals surface area contributed by atoms with Crippen molar-refractivity contribution < 1.29 is 9.21 Å². The first-order valence-electron chi connectivity index (χ1n) is 7.06. The fourth-order valence-electron chi connectivity index (χ4n) is 2.26. The number of aryl methyl sites for hydroxylation is 1. The van der Waals surface area contributed by atoms with E-state index in [-0.39, 0.29) is 5.91 Å². The molecule has 0 aliphatic carbocycles. The van der Waals surface area contributed by atoms with Gasteiger partial charge in [0.2, 0.25) is 0 Å². The molecular weight excluding hydrogens is 276 g/mol. The number of nitrogens with one attached hydrogen (secondary N) is 1. The third-order valence-electron chi connectivity index (χ3n) is 3.36. The zero-order valence-corrected chi connectivity index (χ0v) is 12.2. The van der Waals surface area contributed by atoms with Gasteiger partial charge in [0, 0.05) is 12.1 Å². The standard InChI is InChI=1S/C18H16N2O2/c1-13-6-5-9-15(10-13)17-16(20-12-22-17)18(21)19-11-14-7-3-2-4-8-14/h2-10,12H,11H2,1H3,(H,19,21). The number of carbonyl (C=O) groups is 1. The minimum Gasteiger partial charge on any atom is -0.443 e. The van der Waals surface area contributed by atoms with Crippen LogP contribution in [-0.2, 0) is 6.54 Å². The van der Waals surface area contributed by atoms with Crippen LogP contribution in [-0.4, -0.2) is 10.9 Å². The summed E-state index contributed by atoms with van der Waals surface area (Å²) in [6, 6.07) is 17.5. The van der Waals surface area contributed by atoms with Gasteiger partial charge in [-0.25, -0.2) is 4.98 Å². The third kappa shape index (κ3) is 3.06. The van der Waals surface area contributed by atoms with Crippen molar-refractivity contribution >= 4 is 5.91 Å². The minimum atomic E-state index is -0.242. The molecule has 22 heavy (non-hydrogen) atoms. The molecule has 1 N–H and O–H groups in total. The molecule has 0 aliphatic heterocycles. The van der Waals surface area contributed by atoms with E-state index in [0.717, 1.165) is 16.7 Å². The first-order valence-corrected chi connectivity index (χ1v) is 7.06. The van der Waals surface area contributed by atoms with E-state index < -0.39 is 0 Å². The van der Waals surface area contributed by atoms with Crippen molar-refractivity contribution in [2.75, 3.05) is 0 Å². The molecule has 0 spiro atoms. The Bertz CT molecular complexity index is 779. The van der Waals surface area contributed by atoms with E-state index in [0.29, 0.717) is 18.0 Å². The van der Waals surface area contributed by atoms with Crippen molar-refractivity contribution in [1.29, 1.82) is 0 Å². The van der Waals surface area contributed by atoms with E-state index >= 15 is 0 Å². The minimum absolute atomic E-state index is 0.242. The van der Waals surface area contributed by atoms with Gasteiger partial charge >= 0.3 is 0 Å². The number of aromatic nitrogens is 1. The second kappa shape index (κ2) is 6.26. The maximum absolute atomic E-state index is 12.3. The Labute approximate surface area is 128 Å². The van der Waals surface area contributed by atoms with Gasteiger partial charge in [-0.2, -0.15) is 0 Å². The number of hydrogen-bond donors (Lipinski definition) is 1. The smallest absolute Gasteiger partial charge is 0.274 e. The van der Waals surface area contributed by atoms with Crippen LogP contribution < -0.4 is 5.32 Å². The van der Waals surface area contributed by atoms with E-state index in [9.17, 15) is 4.79 Å². The molecule has 110 valence electrons. The summed E-state index contributed by atoms with van der Waals surface area (Å²) in [5.41, 5.74) is 3.30. The lowest BCUT2D eigenvalue weighted by atomic mass is 10.1. The zero-order chi connectivity index (χ0) is 15.4. The predicted octanol–water partition coefficient (Wildman–Crippen LogP) is 3.58. The molecule has 0 aliphatic rings. The van der Waals surface area contributed by atoms with Crippen LogP contribution in [0.25, 0.3) is 11.3 Å². The summed E-state index contributed by atoms with van der Waals surface area (Å²) in [6.07, 6.45) is 1.30. The second-order valence-electron chi connectivity index (χ2n) is 5.07. The van der Waals surface area contributed by atoms with Gasteiger partial charge in [-0.3, -0.25) is 4.79 Å². The summed E-state index contributed by atoms with van der Waals surface area (Å²) in [5.74, 6) is 0.253. The van der Waals surface area contributed by atoms with Gasteiger partial charge in [0.05, 0.1) is 0 Å². The normalized spacial score (nSPS) is 10.4. The molecule has 3 aromatic rings. The number of hydrogen-bond acceptors (Lipinski definition) is 3. The van der Waals surface area contributed by atoms with Gasteiger partial charge in [0.1, 0.15) is 0 Å². The highest BCUT2D eigenvalue weighted by molar-refractivity contribution is 5.97. The zero-order valence-electron chi connectivity index (χ0n) is 12.2. The molecule has 0 atom stereocenters. The molecule has 2 aromatic carbocycles. The molecule has 0 saturated carbocycles. The fourth-order valence-corrected chi connectivity index (χ4v) is 2.26. The Hall–Kier alpha value is -2.88. The van der Waals surface area contributed by atoms with E-state index in [1.165, 1.54) is 6.39 Å². The summed E-state index contributed by atoms with van der Waals surface area (Å²) in [7, 11) is 0. The van der Waals surface area contributed by atoms with E-state index in [1.54, 1.807) is 0 Å². The van der Waals surface area contributed by atoms with Crippen molar-refractivity contribution in [3.05, 3.63) is 77.8 Å². The summed E-state index contributed by atoms with van der Waals surface area (Å²) in [5, 5.41) is 2.86. The highest BCUT2D eigenvalue weighted by Crippen LogP contribution is 2.23. The van der Waals surface area contributed by atoms with Gasteiger partial charge < -0.3 is 9.73 Å². The van der Waals surface area contributed by atoms with Crippen molar-refractivity contribution in [1.82, 2.24) is 10.3 Å². The molecule has 1 aromatic heterocycles. The second-order valence-corrected chi connectivity index (χ2v) is 5.07. The SMILES string of the molecule is Cc1cccc(-c2ocnc2C(=O)NCc2ccccc2)c1. The van der Waals surface area contributed by atoms with Gasteiger partial charge in [-0.1, -0.05) is 54.1 Å². The Morgan fingerprint density at radius 1 is 1.14 bits per heavy atom. The topological polar surface area (TPSA) is 55.1 Å². The lowest BCUT2D eigenvalue weighted by Gasteiger charge is -2.05. The largest absolute Gasteiger partial charge is 0.443 e. The molecule has 0 bridgehead atoms. The Morgan fingerprint density at radius 2 is 1.95 bits per heavy atom. The van der Waals surface area contributed by atoms with Crippen LogP contribution in [0.15, 0.2) is 65.4 Å². The van der Waals surface area contributed by atoms with Crippen molar-refractivity contribution in [3.8, 4) is 11.3 Å². The van der Waals surface area contributed by atoms with Crippen LogP contribution in [0.2, 0.25) is 0 Å². The van der Waals surface area contributed by atoms with Crippen LogP contribution in [0.3, 0.4) is 0 Å². The number of carbonyl (C=O) groups excluding carboxylic acids is 1. The molecule has 0 fully saturated rings. The Balaban J connectivity index is 1.78. The van der Waals surface area contributed by atoms with Crippen LogP contribution >= 0.6 is 0 Å². The van der Waals surface area contributed by atoms with Crippen molar-refractivity contribution in [2.24, 2.45) is 0 Å². The summed E-state index contributed by atoms with van der Waals surface area (Å²) < 4.78 is 5.41. The fraction of sp³-hybridized carbons (Fsp3) is 0.111. The first kappa shape index (κ1) is 14.1. The lowest BCUT2D eigenvalue weighted by molar-refractivity contribution is 0.0947. The Kier molecular flexibility index (Phi) is 4.01. The highest BCUT2D eigenvalue weighted by atomic mass is 16.3. The third-order valence-corrected chi connectivity index (χ3v) is 3.36. The van der Waals surface area contributed by atoms with Crippen LogP contribution in [0, 0.1) is 6.92 Å². The van der Waals surface area contributed by atoms with Crippen LogP contribution in [0.1, 0.15) is 21.6 Å². The van der Waals surface area contributed by atoms with Gasteiger partial charge in [-0.05, 0) is 18.6 Å². The molecule has 1 amide bonds. The molecule has 0 saturated heterocycles. The van der Waals surface area contributed by atoms with E-state index in [1.807, 2.05) is 61.5 Å². The molecule has 4 heteroatoms. The number of rotatable bonds is 4. The maximum atomic E-state index is 12.3. The molecule has 0 radical (unpaired) electrons. The van der Waals surface area contributed by atoms with Gasteiger partial charge in [0.25, 0.3) is 5.91 Å². The van der Waals surface area contributed by atoms with Gasteiger partial charge in [0.15, 0.2) is 17.8 Å². The predicted molar refractivity (Wildman–Crippen MR) is 84.3 cm³/mol. The first-order chi connectivity index (χ1) is 10.7. The summed E-state index contributed by atoms with van der Waals surface area (Å²) >= 11 is 0. The molecule has 3 rings (SSSR count). The quantitative estimate of drug-likeness (QED) is 0.799. The average molecular weight is 292 g/mol. The van der Waals surface area contributed by atoms with Gasteiger partial charge in [-0.15, -0.1) is 0 Å². The van der Waals surface area contributed by atoms with E-state index in [2.05, 4.69) is 10.3 Å². The molecule has 1 heterocycles. The lowest BCUT2D eigenvalue weighted by Crippen LogP contribution is -2.23. The van der Waals surface area contributed by atoms with Crippen LogP contribution in [0.4, 0.5) is 0 Å². The summed E-state index contributed by atoms with van der Waals surface area (Å²) in [4.78, 5) is 16.4. The van der Waals surface area contributed by atoms with Crippen molar-refractivity contribution in [3.63, 3.8) is 0 Å². The number of oxazole rings is 1. The Morgan fingerprint density at radius 3 is 2.73 bits per heavy atom. The number of amides is 1. The maximum Gasteiger partial charge on any atom is 0.274 e. The molecular formula is C18H16N2O2. The average Bonchev–Trinajstić information content (AvgIpc) is 3.03. The number of nitrogens with zero attached hydrogens (tertiary/aromatic N) is 1. The summed E-state index contributed by atoms with van der Waals surface area (Å²) in [6.45, 7) is 2.45. The van der Waals surface area contributed by atoms with Crippen molar-refractivity contribution in [2.45, 2.75) is 13.5 Å².